The van der Waals surface area contributed by atoms with Crippen molar-refractivity contribution in [3.8, 4) is 0 Å². The second-order valence-electron chi connectivity index (χ2n) is 5.60. The molecule has 2 aliphatic rings. The molecular formula is C15H22N4. The topological polar surface area (TPSA) is 44.9 Å². The molecule has 0 amide bonds. The van der Waals surface area contributed by atoms with Gasteiger partial charge in [0, 0.05) is 19.6 Å². The number of nitrogens with two attached hydrogens (primary N) is 1. The van der Waals surface area contributed by atoms with E-state index in [9.17, 15) is 0 Å². The summed E-state index contributed by atoms with van der Waals surface area (Å²) in [5, 5.41) is 0. The third-order valence-corrected chi connectivity index (χ3v) is 3.92. The number of rotatable bonds is 2. The van der Waals surface area contributed by atoms with Crippen molar-refractivity contribution in [2.45, 2.75) is 24.9 Å². The lowest BCUT2D eigenvalue weighted by Gasteiger charge is -2.41. The molecule has 4 heteroatoms. The van der Waals surface area contributed by atoms with Crippen LogP contribution in [0.1, 0.15) is 24.4 Å². The number of benzene rings is 1. The van der Waals surface area contributed by atoms with Crippen molar-refractivity contribution < 1.29 is 0 Å². The van der Waals surface area contributed by atoms with Gasteiger partial charge in [0.2, 0.25) is 0 Å². The van der Waals surface area contributed by atoms with Crippen molar-refractivity contribution in [3.63, 3.8) is 0 Å². The third kappa shape index (κ3) is 2.89. The molecule has 1 aliphatic heterocycles. The zero-order valence-electron chi connectivity index (χ0n) is 11.5. The number of hydrogen-bond donors (Lipinski definition) is 1. The predicted octanol–water partition coefficient (Wildman–Crippen LogP) is 1.45. The summed E-state index contributed by atoms with van der Waals surface area (Å²) in [5.41, 5.74) is 7.54. The first-order valence-electron chi connectivity index (χ1n) is 7.07. The van der Waals surface area contributed by atoms with E-state index < -0.39 is 0 Å². The van der Waals surface area contributed by atoms with E-state index in [2.05, 4.69) is 52.2 Å². The van der Waals surface area contributed by atoms with E-state index in [-0.39, 0.29) is 0 Å². The van der Waals surface area contributed by atoms with Gasteiger partial charge in [0.05, 0.1) is 12.1 Å². The molecule has 0 spiro atoms. The Morgan fingerprint density at radius 2 is 1.95 bits per heavy atom. The summed E-state index contributed by atoms with van der Waals surface area (Å²) in [6, 6.07) is 11.4. The molecular weight excluding hydrogens is 236 g/mol. The van der Waals surface area contributed by atoms with Gasteiger partial charge in [-0.05, 0) is 25.5 Å². The van der Waals surface area contributed by atoms with E-state index in [1.54, 1.807) is 0 Å². The molecule has 2 fully saturated rings. The second kappa shape index (κ2) is 5.21. The van der Waals surface area contributed by atoms with Crippen LogP contribution in [0.3, 0.4) is 0 Å². The Kier molecular flexibility index (Phi) is 3.42. The zero-order valence-corrected chi connectivity index (χ0v) is 11.5. The van der Waals surface area contributed by atoms with Crippen LogP contribution >= 0.6 is 0 Å². The average molecular weight is 258 g/mol. The summed E-state index contributed by atoms with van der Waals surface area (Å²) < 4.78 is 0. The van der Waals surface area contributed by atoms with E-state index in [4.69, 9.17) is 5.73 Å². The van der Waals surface area contributed by atoms with Crippen molar-refractivity contribution in [1.82, 2.24) is 9.80 Å². The molecule has 0 bridgehead atoms. The first-order chi connectivity index (χ1) is 9.24. The van der Waals surface area contributed by atoms with Crippen molar-refractivity contribution in [3.05, 3.63) is 35.9 Å². The lowest BCUT2D eigenvalue weighted by molar-refractivity contribution is 0.150. The lowest BCUT2D eigenvalue weighted by Crippen LogP contribution is -2.51. The number of guanidine groups is 1. The van der Waals surface area contributed by atoms with Crippen LogP contribution in [-0.4, -0.2) is 48.5 Å². The summed E-state index contributed by atoms with van der Waals surface area (Å²) in [4.78, 5) is 9.25. The summed E-state index contributed by atoms with van der Waals surface area (Å²) in [6.45, 7) is 3.01. The number of aliphatic imine (C=N–C) groups is 1. The molecule has 1 aromatic rings. The van der Waals surface area contributed by atoms with Crippen molar-refractivity contribution in [2.75, 3.05) is 26.7 Å². The molecule has 1 unspecified atom stereocenters. The van der Waals surface area contributed by atoms with Crippen LogP contribution in [0, 0.1) is 0 Å². The smallest absolute Gasteiger partial charge is 0.192 e. The highest BCUT2D eigenvalue weighted by atomic mass is 15.3. The molecule has 1 aromatic carbocycles. The van der Waals surface area contributed by atoms with Crippen molar-refractivity contribution in [1.29, 1.82) is 0 Å². The van der Waals surface area contributed by atoms with Gasteiger partial charge < -0.3 is 15.5 Å². The summed E-state index contributed by atoms with van der Waals surface area (Å²) in [7, 11) is 2.17. The van der Waals surface area contributed by atoms with Crippen LogP contribution in [-0.2, 0) is 0 Å². The van der Waals surface area contributed by atoms with Gasteiger partial charge in [-0.3, -0.25) is 0 Å². The normalized spacial score (nSPS) is 25.6. The van der Waals surface area contributed by atoms with Gasteiger partial charge in [0.15, 0.2) is 5.96 Å². The standard InChI is InChI=1S/C15H22N4/c1-18-9-10-19(15(16)17-13-7-8-13)14(11-18)12-5-3-2-4-6-12/h2-6,13-14H,7-11H2,1H3,(H2,16,17). The Hall–Kier alpha value is -1.55. The molecule has 2 N–H and O–H groups in total. The van der Waals surface area contributed by atoms with E-state index in [0.717, 1.165) is 25.6 Å². The van der Waals surface area contributed by atoms with Gasteiger partial charge in [0.25, 0.3) is 0 Å². The quantitative estimate of drug-likeness (QED) is 0.645. The van der Waals surface area contributed by atoms with E-state index in [0.29, 0.717) is 12.1 Å². The Bertz CT molecular complexity index is 452. The molecule has 0 aromatic heterocycles. The van der Waals surface area contributed by atoms with Crippen molar-refractivity contribution >= 4 is 5.96 Å². The first kappa shape index (κ1) is 12.5. The number of nitrogens with zero attached hydrogens (tertiary/aromatic N) is 3. The molecule has 1 saturated carbocycles. The van der Waals surface area contributed by atoms with Crippen LogP contribution in [0.4, 0.5) is 0 Å². The minimum absolute atomic E-state index is 0.322. The van der Waals surface area contributed by atoms with Gasteiger partial charge in [-0.25, -0.2) is 4.99 Å². The Morgan fingerprint density at radius 3 is 2.63 bits per heavy atom. The minimum atomic E-state index is 0.322. The lowest BCUT2D eigenvalue weighted by atomic mass is 10.0. The summed E-state index contributed by atoms with van der Waals surface area (Å²) in [6.07, 6.45) is 2.40. The van der Waals surface area contributed by atoms with Crippen LogP contribution in [0.25, 0.3) is 0 Å². The van der Waals surface area contributed by atoms with Crippen molar-refractivity contribution in [2.24, 2.45) is 10.7 Å². The van der Waals surface area contributed by atoms with Gasteiger partial charge >= 0.3 is 0 Å². The highest BCUT2D eigenvalue weighted by Crippen LogP contribution is 2.27. The molecule has 19 heavy (non-hydrogen) atoms. The number of hydrogen-bond acceptors (Lipinski definition) is 2. The van der Waals surface area contributed by atoms with Crippen LogP contribution in [0.15, 0.2) is 35.3 Å². The van der Waals surface area contributed by atoms with Crippen LogP contribution in [0.2, 0.25) is 0 Å². The SMILES string of the molecule is CN1CCN(C(N)=NC2CC2)C(c2ccccc2)C1. The Balaban J connectivity index is 1.83. The molecule has 4 nitrogen and oxygen atoms in total. The fourth-order valence-corrected chi connectivity index (χ4v) is 2.62. The fraction of sp³-hybridized carbons (Fsp3) is 0.533. The van der Waals surface area contributed by atoms with Gasteiger partial charge in [-0.1, -0.05) is 30.3 Å². The monoisotopic (exact) mass is 258 g/mol. The minimum Gasteiger partial charge on any atom is -0.370 e. The highest BCUT2D eigenvalue weighted by molar-refractivity contribution is 5.79. The molecule has 3 rings (SSSR count). The fourth-order valence-electron chi connectivity index (χ4n) is 2.62. The molecule has 102 valence electrons. The average Bonchev–Trinajstić information content (AvgIpc) is 3.23. The largest absolute Gasteiger partial charge is 0.370 e. The molecule has 1 aliphatic carbocycles. The van der Waals surface area contributed by atoms with Gasteiger partial charge in [-0.15, -0.1) is 0 Å². The second-order valence-corrected chi connectivity index (χ2v) is 5.60. The maximum Gasteiger partial charge on any atom is 0.192 e. The van der Waals surface area contributed by atoms with Gasteiger partial charge in [-0.2, -0.15) is 0 Å². The maximum atomic E-state index is 6.22. The maximum absolute atomic E-state index is 6.22. The summed E-state index contributed by atoms with van der Waals surface area (Å²) in [5.74, 6) is 0.726. The predicted molar refractivity (Wildman–Crippen MR) is 78.0 cm³/mol. The number of piperazine rings is 1. The summed E-state index contributed by atoms with van der Waals surface area (Å²) >= 11 is 0. The Morgan fingerprint density at radius 1 is 1.21 bits per heavy atom. The Labute approximate surface area is 114 Å². The van der Waals surface area contributed by atoms with Crippen LogP contribution in [0.5, 0.6) is 0 Å². The molecule has 1 heterocycles. The van der Waals surface area contributed by atoms with E-state index in [1.165, 1.54) is 18.4 Å². The van der Waals surface area contributed by atoms with Crippen LogP contribution < -0.4 is 5.73 Å². The third-order valence-electron chi connectivity index (χ3n) is 3.92. The zero-order chi connectivity index (χ0) is 13.2. The first-order valence-corrected chi connectivity index (χ1v) is 7.07. The van der Waals surface area contributed by atoms with Gasteiger partial charge in [0.1, 0.15) is 0 Å². The molecule has 1 saturated heterocycles. The highest BCUT2D eigenvalue weighted by Gasteiger charge is 2.29. The van der Waals surface area contributed by atoms with E-state index >= 15 is 0 Å². The van der Waals surface area contributed by atoms with E-state index in [1.807, 2.05) is 0 Å². The molecule has 0 radical (unpaired) electrons. The number of likely N-dealkylation sites (N-methyl/N-ethyl adjacent to an activating group) is 1. The molecule has 1 atom stereocenters.